The van der Waals surface area contributed by atoms with Gasteiger partial charge in [-0.05, 0) is 24.6 Å². The molecule has 1 aromatic carbocycles. The van der Waals surface area contributed by atoms with E-state index < -0.39 is 5.54 Å². The number of ether oxygens (including phenoxy) is 2. The Bertz CT molecular complexity index is 494. The van der Waals surface area contributed by atoms with Crippen LogP contribution >= 0.6 is 28.3 Å². The van der Waals surface area contributed by atoms with E-state index in [1.165, 1.54) is 0 Å². The van der Waals surface area contributed by atoms with Crippen LogP contribution in [0.3, 0.4) is 0 Å². The first kappa shape index (κ1) is 19.4. The number of carbonyl (C=O) groups is 1. The summed E-state index contributed by atoms with van der Waals surface area (Å²) in [5.74, 6) is -0.0887. The quantitative estimate of drug-likeness (QED) is 0.849. The van der Waals surface area contributed by atoms with Gasteiger partial charge in [0, 0.05) is 24.7 Å². The Balaban J connectivity index is 0.00000242. The van der Waals surface area contributed by atoms with Crippen molar-refractivity contribution >= 4 is 34.2 Å². The Morgan fingerprint density at radius 2 is 2.14 bits per heavy atom. The standard InChI is InChI=1S/C15H21BrN2O3.ClH/c1-15(17,11-3-5-12(16)6-4-11)14(19)18-7-8-21-13(9-18)10-20-2;/h3-6,13H,7-10,17H2,1-2H3;1H. The van der Waals surface area contributed by atoms with Crippen LogP contribution in [0.25, 0.3) is 0 Å². The number of benzene rings is 1. The van der Waals surface area contributed by atoms with Crippen molar-refractivity contribution in [1.29, 1.82) is 0 Å². The van der Waals surface area contributed by atoms with E-state index in [0.29, 0.717) is 26.3 Å². The Labute approximate surface area is 145 Å². The molecule has 5 nitrogen and oxygen atoms in total. The summed E-state index contributed by atoms with van der Waals surface area (Å²) in [6.45, 7) is 3.80. The molecule has 7 heteroatoms. The summed E-state index contributed by atoms with van der Waals surface area (Å²) < 4.78 is 11.6. The third-order valence-electron chi connectivity index (χ3n) is 3.67. The van der Waals surface area contributed by atoms with Gasteiger partial charge in [0.25, 0.3) is 0 Å². The van der Waals surface area contributed by atoms with Crippen LogP contribution in [-0.4, -0.2) is 50.3 Å². The molecule has 0 aliphatic carbocycles. The third kappa shape index (κ3) is 4.43. The van der Waals surface area contributed by atoms with E-state index in [1.54, 1.807) is 18.9 Å². The number of amides is 1. The summed E-state index contributed by atoms with van der Waals surface area (Å²) in [5, 5.41) is 0. The third-order valence-corrected chi connectivity index (χ3v) is 4.20. The number of halogens is 2. The van der Waals surface area contributed by atoms with Crippen molar-refractivity contribution in [3.63, 3.8) is 0 Å². The molecule has 0 spiro atoms. The molecule has 124 valence electrons. The lowest BCUT2D eigenvalue weighted by atomic mass is 9.91. The fourth-order valence-electron chi connectivity index (χ4n) is 2.44. The minimum atomic E-state index is -1.05. The van der Waals surface area contributed by atoms with Gasteiger partial charge in [0.2, 0.25) is 5.91 Å². The number of nitrogens with zero attached hydrogens (tertiary/aromatic N) is 1. The zero-order valence-electron chi connectivity index (χ0n) is 12.8. The minimum absolute atomic E-state index is 0. The number of methoxy groups -OCH3 is 1. The summed E-state index contributed by atoms with van der Waals surface area (Å²) >= 11 is 3.38. The van der Waals surface area contributed by atoms with E-state index in [2.05, 4.69) is 15.9 Å². The largest absolute Gasteiger partial charge is 0.382 e. The molecule has 1 aliphatic heterocycles. The van der Waals surface area contributed by atoms with Gasteiger partial charge in [0.1, 0.15) is 5.54 Å². The Kier molecular flexibility index (Phi) is 7.28. The molecular weight excluding hydrogens is 372 g/mol. The smallest absolute Gasteiger partial charge is 0.247 e. The molecule has 2 N–H and O–H groups in total. The molecule has 1 amide bonds. The monoisotopic (exact) mass is 392 g/mol. The van der Waals surface area contributed by atoms with E-state index in [-0.39, 0.29) is 24.4 Å². The zero-order chi connectivity index (χ0) is 15.5. The van der Waals surface area contributed by atoms with Crippen LogP contribution < -0.4 is 5.73 Å². The van der Waals surface area contributed by atoms with E-state index in [9.17, 15) is 4.79 Å². The highest BCUT2D eigenvalue weighted by molar-refractivity contribution is 9.10. The summed E-state index contributed by atoms with van der Waals surface area (Å²) in [5.41, 5.74) is 6.05. The molecular formula is C15H22BrClN2O3. The van der Waals surface area contributed by atoms with Crippen molar-refractivity contribution in [2.24, 2.45) is 5.73 Å². The predicted molar refractivity (Wildman–Crippen MR) is 91.1 cm³/mol. The van der Waals surface area contributed by atoms with Crippen LogP contribution in [0.1, 0.15) is 12.5 Å². The second kappa shape index (κ2) is 8.26. The molecule has 2 rings (SSSR count). The Morgan fingerprint density at radius 1 is 1.50 bits per heavy atom. The van der Waals surface area contributed by atoms with Crippen molar-refractivity contribution < 1.29 is 14.3 Å². The van der Waals surface area contributed by atoms with E-state index >= 15 is 0 Å². The van der Waals surface area contributed by atoms with Gasteiger partial charge < -0.3 is 20.1 Å². The molecule has 1 fully saturated rings. The summed E-state index contributed by atoms with van der Waals surface area (Å²) in [4.78, 5) is 14.5. The summed E-state index contributed by atoms with van der Waals surface area (Å²) in [7, 11) is 1.62. The van der Waals surface area contributed by atoms with Crippen molar-refractivity contribution in [2.45, 2.75) is 18.6 Å². The fourth-order valence-corrected chi connectivity index (χ4v) is 2.70. The molecule has 0 aromatic heterocycles. The van der Waals surface area contributed by atoms with Crippen LogP contribution in [0.5, 0.6) is 0 Å². The van der Waals surface area contributed by atoms with Crippen molar-refractivity contribution in [3.8, 4) is 0 Å². The molecule has 1 aromatic rings. The number of nitrogens with two attached hydrogens (primary N) is 1. The maximum Gasteiger partial charge on any atom is 0.247 e. The molecule has 1 aliphatic rings. The average molecular weight is 394 g/mol. The van der Waals surface area contributed by atoms with Crippen molar-refractivity contribution in [1.82, 2.24) is 4.90 Å². The summed E-state index contributed by atoms with van der Waals surface area (Å²) in [6, 6.07) is 7.52. The van der Waals surface area contributed by atoms with E-state index in [0.717, 1.165) is 10.0 Å². The van der Waals surface area contributed by atoms with Crippen LogP contribution in [-0.2, 0) is 19.8 Å². The highest BCUT2D eigenvalue weighted by Crippen LogP contribution is 2.23. The molecule has 0 bridgehead atoms. The van der Waals surface area contributed by atoms with E-state index in [4.69, 9.17) is 15.2 Å². The highest BCUT2D eigenvalue weighted by atomic mass is 79.9. The number of rotatable bonds is 4. The highest BCUT2D eigenvalue weighted by Gasteiger charge is 2.36. The van der Waals surface area contributed by atoms with Crippen molar-refractivity contribution in [2.75, 3.05) is 33.4 Å². The van der Waals surface area contributed by atoms with Gasteiger partial charge in [0.15, 0.2) is 0 Å². The second-order valence-corrected chi connectivity index (χ2v) is 6.32. The Hall–Kier alpha value is -0.660. The molecule has 1 heterocycles. The predicted octanol–water partition coefficient (Wildman–Crippen LogP) is 1.92. The van der Waals surface area contributed by atoms with Gasteiger partial charge in [-0.3, -0.25) is 4.79 Å². The van der Waals surface area contributed by atoms with Gasteiger partial charge >= 0.3 is 0 Å². The topological polar surface area (TPSA) is 64.8 Å². The number of hydrogen-bond donors (Lipinski definition) is 1. The lowest BCUT2D eigenvalue weighted by molar-refractivity contribution is -0.146. The number of hydrogen-bond acceptors (Lipinski definition) is 4. The first-order valence-corrected chi connectivity index (χ1v) is 7.69. The average Bonchev–Trinajstić information content (AvgIpc) is 2.47. The zero-order valence-corrected chi connectivity index (χ0v) is 15.2. The van der Waals surface area contributed by atoms with Crippen LogP contribution in [0.15, 0.2) is 28.7 Å². The maximum atomic E-state index is 12.7. The first-order valence-electron chi connectivity index (χ1n) is 6.90. The molecule has 2 atom stereocenters. The molecule has 22 heavy (non-hydrogen) atoms. The van der Waals surface area contributed by atoms with Crippen LogP contribution in [0.4, 0.5) is 0 Å². The normalized spacial score (nSPS) is 20.9. The first-order chi connectivity index (χ1) is 9.95. The fraction of sp³-hybridized carbons (Fsp3) is 0.533. The van der Waals surface area contributed by atoms with Gasteiger partial charge in [-0.1, -0.05) is 28.1 Å². The summed E-state index contributed by atoms with van der Waals surface area (Å²) in [6.07, 6.45) is -0.0894. The Morgan fingerprint density at radius 3 is 2.73 bits per heavy atom. The van der Waals surface area contributed by atoms with Crippen molar-refractivity contribution in [3.05, 3.63) is 34.3 Å². The number of carbonyl (C=O) groups excluding carboxylic acids is 1. The van der Waals surface area contributed by atoms with Gasteiger partial charge in [-0.2, -0.15) is 0 Å². The minimum Gasteiger partial charge on any atom is -0.382 e. The number of morpholine rings is 1. The maximum absolute atomic E-state index is 12.7. The lowest BCUT2D eigenvalue weighted by Crippen LogP contribution is -2.56. The molecule has 0 radical (unpaired) electrons. The van der Waals surface area contributed by atoms with Gasteiger partial charge in [-0.25, -0.2) is 0 Å². The SMILES string of the molecule is COCC1CN(C(=O)C(C)(N)c2ccc(Br)cc2)CCO1.Cl. The van der Waals surface area contributed by atoms with Gasteiger partial charge in [-0.15, -0.1) is 12.4 Å². The van der Waals surface area contributed by atoms with Crippen LogP contribution in [0.2, 0.25) is 0 Å². The second-order valence-electron chi connectivity index (χ2n) is 5.41. The lowest BCUT2D eigenvalue weighted by Gasteiger charge is -2.37. The molecule has 2 unspecified atom stereocenters. The molecule has 1 saturated heterocycles. The van der Waals surface area contributed by atoms with Crippen LogP contribution in [0, 0.1) is 0 Å². The van der Waals surface area contributed by atoms with Gasteiger partial charge in [0.05, 0.1) is 19.3 Å². The van der Waals surface area contributed by atoms with E-state index in [1.807, 2.05) is 24.3 Å². The molecule has 0 saturated carbocycles.